The molecule has 6 rings (SSSR count). The molecule has 1 aliphatic carbocycles. The first-order valence-electron chi connectivity index (χ1n) is 13.2. The predicted molar refractivity (Wildman–Crippen MR) is 135 cm³/mol. The third kappa shape index (κ3) is 4.60. The molecule has 3 aliphatic heterocycles. The highest BCUT2D eigenvalue weighted by atomic mass is 19.2. The summed E-state index contributed by atoms with van der Waals surface area (Å²) < 4.78 is 29.1. The summed E-state index contributed by atoms with van der Waals surface area (Å²) >= 11 is 0. The van der Waals surface area contributed by atoms with Crippen molar-refractivity contribution in [3.8, 4) is 0 Å². The molecular formula is C27H35F2N5O3. The molecule has 2 bridgehead atoms. The largest absolute Gasteiger partial charge is 0.343 e. The van der Waals surface area contributed by atoms with Crippen LogP contribution >= 0.6 is 0 Å². The lowest BCUT2D eigenvalue weighted by molar-refractivity contribution is -0.157. The summed E-state index contributed by atoms with van der Waals surface area (Å²) in [5, 5.41) is 6.43. The zero-order chi connectivity index (χ0) is 26.4. The van der Waals surface area contributed by atoms with Gasteiger partial charge >= 0.3 is 0 Å². The minimum Gasteiger partial charge on any atom is -0.343 e. The lowest BCUT2D eigenvalue weighted by atomic mass is 9.80. The Morgan fingerprint density at radius 3 is 2.30 bits per heavy atom. The first-order valence-corrected chi connectivity index (χ1v) is 13.2. The molecule has 10 heteroatoms. The number of carbonyl (C=O) groups excluding carboxylic acids is 3. The van der Waals surface area contributed by atoms with Crippen LogP contribution in [0.3, 0.4) is 0 Å². The van der Waals surface area contributed by atoms with E-state index in [0.717, 1.165) is 50.7 Å². The Labute approximate surface area is 215 Å². The molecule has 3 saturated heterocycles. The number of fused-ring (bicyclic) bond motifs is 3. The summed E-state index contributed by atoms with van der Waals surface area (Å²) in [6.45, 7) is 2.56. The van der Waals surface area contributed by atoms with E-state index in [0.29, 0.717) is 29.7 Å². The smallest absolute Gasteiger partial charge is 0.270 e. The molecule has 1 aromatic heterocycles. The van der Waals surface area contributed by atoms with Crippen molar-refractivity contribution in [1.29, 1.82) is 0 Å². The molecule has 1 aromatic carbocycles. The number of hydrogen-bond acceptors (Lipinski definition) is 4. The molecule has 8 nitrogen and oxygen atoms in total. The molecule has 1 unspecified atom stereocenters. The van der Waals surface area contributed by atoms with Gasteiger partial charge in [0, 0.05) is 31.6 Å². The number of rotatable bonds is 6. The van der Waals surface area contributed by atoms with Crippen LogP contribution in [-0.2, 0) is 16.6 Å². The van der Waals surface area contributed by atoms with Crippen molar-refractivity contribution < 1.29 is 23.2 Å². The van der Waals surface area contributed by atoms with E-state index in [1.807, 2.05) is 4.90 Å². The number of aryl methyl sites for hydroxylation is 1. The Morgan fingerprint density at radius 1 is 1.00 bits per heavy atom. The fourth-order valence-corrected chi connectivity index (χ4v) is 6.25. The SMILES string of the molecule is CN[C@@H](C)C(=O)NC(C(=O)N1[C@@H]2C[C@H]1CN(C(=O)c1cc3cc(F)c(F)cc3n1C)C2)C1CCCCC1. The first kappa shape index (κ1) is 25.6. The Kier molecular flexibility index (Phi) is 6.95. The summed E-state index contributed by atoms with van der Waals surface area (Å²) in [5.41, 5.74) is 0.802. The van der Waals surface area contributed by atoms with Crippen LogP contribution in [0, 0.1) is 17.6 Å². The van der Waals surface area contributed by atoms with E-state index in [-0.39, 0.29) is 35.7 Å². The second kappa shape index (κ2) is 10.0. The molecule has 2 aromatic rings. The number of amides is 3. The maximum atomic E-state index is 13.8. The number of halogens is 2. The third-order valence-corrected chi connectivity index (χ3v) is 8.55. The van der Waals surface area contributed by atoms with Crippen LogP contribution in [0.4, 0.5) is 8.78 Å². The number of piperazine rings is 1. The molecule has 0 radical (unpaired) electrons. The molecule has 4 aliphatic rings. The van der Waals surface area contributed by atoms with Crippen LogP contribution in [0.25, 0.3) is 10.9 Å². The minimum atomic E-state index is -0.954. The molecule has 0 spiro atoms. The van der Waals surface area contributed by atoms with Crippen LogP contribution in [0.5, 0.6) is 0 Å². The van der Waals surface area contributed by atoms with Gasteiger partial charge in [-0.2, -0.15) is 0 Å². The average Bonchev–Trinajstić information content (AvgIpc) is 3.21. The molecule has 3 amide bonds. The van der Waals surface area contributed by atoms with E-state index < -0.39 is 23.7 Å². The topological polar surface area (TPSA) is 86.7 Å². The van der Waals surface area contributed by atoms with Crippen molar-refractivity contribution in [3.05, 3.63) is 35.5 Å². The van der Waals surface area contributed by atoms with Crippen LogP contribution in [0.1, 0.15) is 55.9 Å². The zero-order valence-electron chi connectivity index (χ0n) is 21.6. The van der Waals surface area contributed by atoms with Crippen LogP contribution in [-0.4, -0.2) is 76.4 Å². The number of nitrogens with one attached hydrogen (secondary N) is 2. The number of aromatic nitrogens is 1. The van der Waals surface area contributed by atoms with Gasteiger partial charge in [0.05, 0.1) is 23.6 Å². The lowest BCUT2D eigenvalue weighted by Gasteiger charge is -2.57. The van der Waals surface area contributed by atoms with Crippen LogP contribution in [0.2, 0.25) is 0 Å². The highest BCUT2D eigenvalue weighted by Gasteiger charge is 2.51. The van der Waals surface area contributed by atoms with Gasteiger partial charge in [0.15, 0.2) is 11.6 Å². The van der Waals surface area contributed by atoms with Crippen molar-refractivity contribution in [2.75, 3.05) is 20.1 Å². The molecule has 4 fully saturated rings. The number of carbonyl (C=O) groups is 3. The van der Waals surface area contributed by atoms with E-state index in [9.17, 15) is 23.2 Å². The lowest BCUT2D eigenvalue weighted by Crippen LogP contribution is -2.73. The standard InChI is InChI=1S/C27H35F2N5O3/c1-15(30-2)25(35)31-24(16-7-5-4-6-8-16)27(37)34-18-11-19(34)14-33(13-18)26(36)23-10-17-9-20(28)21(29)12-22(17)32(23)3/h9-10,12,15-16,18-19,24,30H,4-8,11,13-14H2,1-3H3,(H,31,35)/t15-,18-,19+,24?/m0/s1. The second-order valence-corrected chi connectivity index (χ2v) is 10.8. The van der Waals surface area contributed by atoms with Gasteiger partial charge in [-0.15, -0.1) is 0 Å². The summed E-state index contributed by atoms with van der Waals surface area (Å²) in [7, 11) is 3.38. The number of nitrogens with zero attached hydrogens (tertiary/aromatic N) is 3. The quantitative estimate of drug-likeness (QED) is 0.619. The van der Waals surface area contributed by atoms with Crippen LogP contribution in [0.15, 0.2) is 18.2 Å². The van der Waals surface area contributed by atoms with Crippen molar-refractivity contribution in [2.45, 2.75) is 69.6 Å². The fourth-order valence-electron chi connectivity index (χ4n) is 6.25. The summed E-state index contributed by atoms with van der Waals surface area (Å²) in [4.78, 5) is 43.5. The van der Waals surface area contributed by atoms with Crippen LogP contribution < -0.4 is 10.6 Å². The van der Waals surface area contributed by atoms with Gasteiger partial charge in [0.25, 0.3) is 5.91 Å². The van der Waals surface area contributed by atoms with Gasteiger partial charge in [0.1, 0.15) is 11.7 Å². The van der Waals surface area contributed by atoms with Gasteiger partial charge in [-0.05, 0) is 51.3 Å². The van der Waals surface area contributed by atoms with E-state index in [1.54, 1.807) is 36.6 Å². The Balaban J connectivity index is 1.31. The van der Waals surface area contributed by atoms with E-state index in [4.69, 9.17) is 0 Å². The van der Waals surface area contributed by atoms with Gasteiger partial charge in [0.2, 0.25) is 11.8 Å². The Hall–Kier alpha value is -3.01. The number of hydrogen-bond donors (Lipinski definition) is 2. The Morgan fingerprint density at radius 2 is 1.65 bits per heavy atom. The normalized spacial score (nSPS) is 23.5. The van der Waals surface area contributed by atoms with Gasteiger partial charge < -0.3 is 25.0 Å². The predicted octanol–water partition coefficient (Wildman–Crippen LogP) is 2.55. The van der Waals surface area contributed by atoms with Crippen molar-refractivity contribution >= 4 is 28.6 Å². The molecule has 4 heterocycles. The van der Waals surface area contributed by atoms with Gasteiger partial charge in [-0.25, -0.2) is 8.78 Å². The highest BCUT2D eigenvalue weighted by Crippen LogP contribution is 2.36. The molecular weight excluding hydrogens is 480 g/mol. The number of benzene rings is 1. The van der Waals surface area contributed by atoms with E-state index >= 15 is 0 Å². The first-order chi connectivity index (χ1) is 17.7. The monoisotopic (exact) mass is 515 g/mol. The summed E-state index contributed by atoms with van der Waals surface area (Å²) in [6, 6.07) is 2.62. The van der Waals surface area contributed by atoms with Gasteiger partial charge in [-0.3, -0.25) is 14.4 Å². The van der Waals surface area contributed by atoms with Crippen molar-refractivity contribution in [3.63, 3.8) is 0 Å². The molecule has 1 saturated carbocycles. The zero-order valence-corrected chi connectivity index (χ0v) is 21.6. The van der Waals surface area contributed by atoms with E-state index in [2.05, 4.69) is 10.6 Å². The molecule has 2 N–H and O–H groups in total. The summed E-state index contributed by atoms with van der Waals surface area (Å²) in [6.07, 6.45) is 5.91. The van der Waals surface area contributed by atoms with E-state index in [1.165, 1.54) is 0 Å². The molecule has 4 atom stereocenters. The Bertz CT molecular complexity index is 1210. The van der Waals surface area contributed by atoms with Crippen molar-refractivity contribution in [1.82, 2.24) is 25.0 Å². The fraction of sp³-hybridized carbons (Fsp3) is 0.593. The third-order valence-electron chi connectivity index (χ3n) is 8.55. The average molecular weight is 516 g/mol. The highest BCUT2D eigenvalue weighted by molar-refractivity contribution is 5.99. The number of piperidine rings is 1. The molecule has 37 heavy (non-hydrogen) atoms. The maximum absolute atomic E-state index is 13.8. The molecule has 200 valence electrons. The maximum Gasteiger partial charge on any atom is 0.270 e. The minimum absolute atomic E-state index is 0.0487. The number of likely N-dealkylation sites (N-methyl/N-ethyl adjacent to an activating group) is 1. The van der Waals surface area contributed by atoms with Gasteiger partial charge in [-0.1, -0.05) is 19.3 Å². The summed E-state index contributed by atoms with van der Waals surface area (Å²) in [5.74, 6) is -2.24. The second-order valence-electron chi connectivity index (χ2n) is 10.8. The van der Waals surface area contributed by atoms with Crippen molar-refractivity contribution in [2.24, 2.45) is 13.0 Å².